The fourth-order valence-electron chi connectivity index (χ4n) is 3.93. The first-order valence-corrected chi connectivity index (χ1v) is 9.38. The van der Waals surface area contributed by atoms with Gasteiger partial charge in [0.2, 0.25) is 5.95 Å². The van der Waals surface area contributed by atoms with E-state index >= 15 is 0 Å². The molecule has 3 heterocycles. The average molecular weight is 337 g/mol. The van der Waals surface area contributed by atoms with Gasteiger partial charge >= 0.3 is 0 Å². The molecule has 0 amide bonds. The second-order valence-corrected chi connectivity index (χ2v) is 7.18. The molecule has 25 heavy (non-hydrogen) atoms. The fourth-order valence-corrected chi connectivity index (χ4v) is 3.93. The quantitative estimate of drug-likeness (QED) is 0.909. The maximum atomic E-state index is 4.54. The molecule has 1 aromatic carbocycles. The largest absolute Gasteiger partial charge is 0.374 e. The second-order valence-electron chi connectivity index (χ2n) is 7.18. The molecule has 1 atom stereocenters. The molecule has 0 saturated carbocycles. The Labute approximate surface area is 150 Å². The molecule has 0 bridgehead atoms. The van der Waals surface area contributed by atoms with E-state index in [4.69, 9.17) is 0 Å². The molecule has 0 spiro atoms. The van der Waals surface area contributed by atoms with Gasteiger partial charge in [0, 0.05) is 69.3 Å². The van der Waals surface area contributed by atoms with Crippen LogP contribution in [-0.4, -0.2) is 43.2 Å². The van der Waals surface area contributed by atoms with E-state index in [1.807, 2.05) is 12.4 Å². The lowest BCUT2D eigenvalue weighted by Gasteiger charge is -2.33. The summed E-state index contributed by atoms with van der Waals surface area (Å²) in [6.45, 7) is 5.13. The van der Waals surface area contributed by atoms with Crippen molar-refractivity contribution in [1.29, 1.82) is 0 Å². The van der Waals surface area contributed by atoms with Crippen LogP contribution in [0, 0.1) is 0 Å². The van der Waals surface area contributed by atoms with Crippen LogP contribution in [0.2, 0.25) is 0 Å². The van der Waals surface area contributed by atoms with E-state index in [0.717, 1.165) is 44.2 Å². The van der Waals surface area contributed by atoms with E-state index in [0.29, 0.717) is 5.92 Å². The van der Waals surface area contributed by atoms with E-state index in [1.165, 1.54) is 30.5 Å². The van der Waals surface area contributed by atoms with Gasteiger partial charge in [-0.15, -0.1) is 0 Å². The molecule has 1 fully saturated rings. The number of para-hydroxylation sites is 1. The van der Waals surface area contributed by atoms with E-state index in [9.17, 15) is 0 Å². The van der Waals surface area contributed by atoms with E-state index in [-0.39, 0.29) is 0 Å². The Morgan fingerprint density at radius 3 is 2.64 bits per heavy atom. The second kappa shape index (κ2) is 7.40. The third-order valence-electron chi connectivity index (χ3n) is 5.40. The third-order valence-corrected chi connectivity index (χ3v) is 5.40. The Balaban J connectivity index is 1.33. The summed E-state index contributed by atoms with van der Waals surface area (Å²) in [6.07, 6.45) is 7.65. The van der Waals surface area contributed by atoms with Gasteiger partial charge in [0.25, 0.3) is 0 Å². The van der Waals surface area contributed by atoms with Crippen molar-refractivity contribution in [3.05, 3.63) is 47.8 Å². The summed E-state index contributed by atoms with van der Waals surface area (Å²) in [4.78, 5) is 13.7. The van der Waals surface area contributed by atoms with Gasteiger partial charge in [-0.25, -0.2) is 9.97 Å². The predicted octanol–water partition coefficient (Wildman–Crippen LogP) is 2.79. The molecular formula is C20H27N5. The highest BCUT2D eigenvalue weighted by Crippen LogP contribution is 2.33. The number of nitrogens with one attached hydrogen (secondary N) is 1. The zero-order valence-electron chi connectivity index (χ0n) is 15.0. The predicted molar refractivity (Wildman–Crippen MR) is 102 cm³/mol. The van der Waals surface area contributed by atoms with Crippen LogP contribution in [0.25, 0.3) is 0 Å². The van der Waals surface area contributed by atoms with Gasteiger partial charge < -0.3 is 15.1 Å². The smallest absolute Gasteiger partial charge is 0.225 e. The molecule has 132 valence electrons. The van der Waals surface area contributed by atoms with Crippen molar-refractivity contribution in [2.24, 2.45) is 0 Å². The Morgan fingerprint density at radius 1 is 1.08 bits per heavy atom. The third kappa shape index (κ3) is 3.61. The van der Waals surface area contributed by atoms with Crippen LogP contribution >= 0.6 is 0 Å². The van der Waals surface area contributed by atoms with Crippen molar-refractivity contribution in [3.63, 3.8) is 0 Å². The molecule has 2 aromatic rings. The summed E-state index contributed by atoms with van der Waals surface area (Å²) in [5.74, 6) is 1.46. The summed E-state index contributed by atoms with van der Waals surface area (Å²) in [5.41, 5.74) is 3.99. The number of hydrogen-bond acceptors (Lipinski definition) is 5. The Hall–Kier alpha value is -2.14. The molecule has 5 nitrogen and oxygen atoms in total. The molecule has 2 aliphatic heterocycles. The van der Waals surface area contributed by atoms with Crippen molar-refractivity contribution in [2.75, 3.05) is 43.0 Å². The monoisotopic (exact) mass is 337 g/mol. The minimum atomic E-state index is 0.581. The summed E-state index contributed by atoms with van der Waals surface area (Å²) in [7, 11) is 2.18. The van der Waals surface area contributed by atoms with Crippen LogP contribution in [-0.2, 0) is 6.54 Å². The fraction of sp³-hybridized carbons (Fsp3) is 0.500. The van der Waals surface area contributed by atoms with Gasteiger partial charge in [-0.1, -0.05) is 18.2 Å². The van der Waals surface area contributed by atoms with Crippen LogP contribution < -0.4 is 15.1 Å². The van der Waals surface area contributed by atoms with Crippen LogP contribution in [0.4, 0.5) is 11.6 Å². The molecule has 0 unspecified atom stereocenters. The van der Waals surface area contributed by atoms with Crippen molar-refractivity contribution < 1.29 is 0 Å². The number of fused-ring (bicyclic) bond motifs is 1. The van der Waals surface area contributed by atoms with E-state index in [1.54, 1.807) is 0 Å². The molecule has 0 radical (unpaired) electrons. The van der Waals surface area contributed by atoms with Crippen molar-refractivity contribution >= 4 is 11.6 Å². The van der Waals surface area contributed by atoms with Crippen LogP contribution in [0.5, 0.6) is 0 Å². The SMILES string of the molecule is CN1CC[C@@H](CNCc2cnc(N3CCCC3)nc2)c2ccccc21. The number of benzene rings is 1. The molecular weight excluding hydrogens is 310 g/mol. The molecule has 1 saturated heterocycles. The lowest BCUT2D eigenvalue weighted by molar-refractivity contribution is 0.533. The van der Waals surface area contributed by atoms with Gasteiger partial charge in [0.1, 0.15) is 0 Å². The minimum absolute atomic E-state index is 0.581. The normalized spacial score (nSPS) is 20.0. The number of rotatable bonds is 5. The standard InChI is InChI=1S/C20H27N5/c1-24-11-8-17(18-6-2-3-7-19(18)24)15-21-12-16-13-22-20(23-14-16)25-9-4-5-10-25/h2-3,6-7,13-14,17,21H,4-5,8-12,15H2,1H3/t17-/m0/s1. The lowest BCUT2D eigenvalue weighted by atomic mass is 9.90. The van der Waals surface area contributed by atoms with Crippen molar-refractivity contribution in [3.8, 4) is 0 Å². The number of hydrogen-bond donors (Lipinski definition) is 1. The first kappa shape index (κ1) is 16.3. The van der Waals surface area contributed by atoms with Gasteiger partial charge in [0.05, 0.1) is 0 Å². The first-order valence-electron chi connectivity index (χ1n) is 9.38. The molecule has 2 aliphatic rings. The molecule has 1 N–H and O–H groups in total. The molecule has 1 aromatic heterocycles. The zero-order valence-corrected chi connectivity index (χ0v) is 15.0. The van der Waals surface area contributed by atoms with Gasteiger partial charge in [-0.05, 0) is 30.9 Å². The number of nitrogens with zero attached hydrogens (tertiary/aromatic N) is 4. The highest BCUT2D eigenvalue weighted by Gasteiger charge is 2.22. The number of aromatic nitrogens is 2. The van der Waals surface area contributed by atoms with Gasteiger partial charge in [-0.3, -0.25) is 0 Å². The molecule has 5 heteroatoms. The Bertz CT molecular complexity index is 693. The minimum Gasteiger partial charge on any atom is -0.374 e. The average Bonchev–Trinajstić information content (AvgIpc) is 3.19. The van der Waals surface area contributed by atoms with E-state index in [2.05, 4.69) is 56.4 Å². The summed E-state index contributed by atoms with van der Waals surface area (Å²) in [5, 5.41) is 3.60. The summed E-state index contributed by atoms with van der Waals surface area (Å²) in [6, 6.07) is 8.78. The molecule has 0 aliphatic carbocycles. The maximum Gasteiger partial charge on any atom is 0.225 e. The highest BCUT2D eigenvalue weighted by atomic mass is 15.3. The molecule has 4 rings (SSSR count). The summed E-state index contributed by atoms with van der Waals surface area (Å²) >= 11 is 0. The van der Waals surface area contributed by atoms with Crippen molar-refractivity contribution in [2.45, 2.75) is 31.7 Å². The maximum absolute atomic E-state index is 4.54. The number of anilines is 2. The zero-order chi connectivity index (χ0) is 17.1. The van der Waals surface area contributed by atoms with Gasteiger partial charge in [0.15, 0.2) is 0 Å². The topological polar surface area (TPSA) is 44.3 Å². The van der Waals surface area contributed by atoms with E-state index < -0.39 is 0 Å². The lowest BCUT2D eigenvalue weighted by Crippen LogP contribution is -2.31. The first-order chi connectivity index (χ1) is 12.3. The summed E-state index contributed by atoms with van der Waals surface area (Å²) < 4.78 is 0. The van der Waals surface area contributed by atoms with Crippen molar-refractivity contribution in [1.82, 2.24) is 15.3 Å². The van der Waals surface area contributed by atoms with Gasteiger partial charge in [-0.2, -0.15) is 0 Å². The van der Waals surface area contributed by atoms with Crippen LogP contribution in [0.3, 0.4) is 0 Å². The Morgan fingerprint density at radius 2 is 1.84 bits per heavy atom. The Kier molecular flexibility index (Phi) is 4.83. The van der Waals surface area contributed by atoms with Crippen LogP contribution in [0.1, 0.15) is 36.3 Å². The van der Waals surface area contributed by atoms with Crippen LogP contribution in [0.15, 0.2) is 36.7 Å². The highest BCUT2D eigenvalue weighted by molar-refractivity contribution is 5.56.